The predicted octanol–water partition coefficient (Wildman–Crippen LogP) is 1.96. The number of methoxy groups -OCH3 is 2. The lowest BCUT2D eigenvalue weighted by atomic mass is 9.95. The molecule has 0 aliphatic carbocycles. The van der Waals surface area contributed by atoms with Crippen molar-refractivity contribution in [2.75, 3.05) is 27.3 Å². The van der Waals surface area contributed by atoms with Gasteiger partial charge in [0.15, 0.2) is 0 Å². The van der Waals surface area contributed by atoms with Crippen molar-refractivity contribution in [3.05, 3.63) is 23.3 Å². The van der Waals surface area contributed by atoms with Crippen molar-refractivity contribution in [1.82, 2.24) is 4.90 Å². The van der Waals surface area contributed by atoms with Gasteiger partial charge in [0.1, 0.15) is 11.5 Å². The maximum atomic E-state index is 10.3. The molecule has 1 aliphatic heterocycles. The summed E-state index contributed by atoms with van der Waals surface area (Å²) in [4.78, 5) is 2.24. The van der Waals surface area contributed by atoms with Crippen LogP contribution in [0.5, 0.6) is 11.5 Å². The molecule has 1 aromatic carbocycles. The number of aliphatic hydroxyl groups excluding tert-OH is 1. The number of rotatable bonds is 4. The Kier molecular flexibility index (Phi) is 4.09. The van der Waals surface area contributed by atoms with Crippen LogP contribution >= 0.6 is 0 Å². The molecule has 4 heteroatoms. The number of hydrogen-bond donors (Lipinski definition) is 1. The van der Waals surface area contributed by atoms with Crippen LogP contribution in [0.4, 0.5) is 0 Å². The first-order valence-corrected chi connectivity index (χ1v) is 6.35. The van der Waals surface area contributed by atoms with Crippen molar-refractivity contribution in [2.24, 2.45) is 0 Å². The molecular formula is C14H21NO3. The Morgan fingerprint density at radius 1 is 1.28 bits per heavy atom. The van der Waals surface area contributed by atoms with Crippen LogP contribution in [0.25, 0.3) is 0 Å². The van der Waals surface area contributed by atoms with Gasteiger partial charge in [-0.25, -0.2) is 0 Å². The van der Waals surface area contributed by atoms with Crippen molar-refractivity contribution in [1.29, 1.82) is 0 Å². The number of benzene rings is 1. The molecule has 1 aromatic rings. The van der Waals surface area contributed by atoms with Gasteiger partial charge in [0.05, 0.1) is 20.3 Å². The van der Waals surface area contributed by atoms with E-state index in [1.54, 1.807) is 14.2 Å². The molecule has 18 heavy (non-hydrogen) atoms. The second-order valence-corrected chi connectivity index (χ2v) is 4.61. The molecular weight excluding hydrogens is 230 g/mol. The SMILES string of the molecule is CCCN1Cc2c(OC)ccc(OC)c2[C@H](O)C1. The van der Waals surface area contributed by atoms with Crippen molar-refractivity contribution in [3.8, 4) is 11.5 Å². The van der Waals surface area contributed by atoms with E-state index in [4.69, 9.17) is 9.47 Å². The highest BCUT2D eigenvalue weighted by molar-refractivity contribution is 5.51. The van der Waals surface area contributed by atoms with Crippen LogP contribution in [-0.2, 0) is 6.54 Å². The molecule has 0 radical (unpaired) electrons. The largest absolute Gasteiger partial charge is 0.496 e. The molecule has 1 atom stereocenters. The molecule has 0 spiro atoms. The number of ether oxygens (including phenoxy) is 2. The first-order chi connectivity index (χ1) is 8.71. The van der Waals surface area contributed by atoms with Gasteiger partial charge in [-0.3, -0.25) is 4.90 Å². The average Bonchev–Trinajstić information content (AvgIpc) is 2.37. The van der Waals surface area contributed by atoms with Crippen LogP contribution in [0.3, 0.4) is 0 Å². The van der Waals surface area contributed by atoms with Crippen LogP contribution < -0.4 is 9.47 Å². The smallest absolute Gasteiger partial charge is 0.125 e. The zero-order valence-electron chi connectivity index (χ0n) is 11.3. The van der Waals surface area contributed by atoms with Crippen molar-refractivity contribution in [2.45, 2.75) is 26.0 Å². The van der Waals surface area contributed by atoms with Crippen LogP contribution in [-0.4, -0.2) is 37.3 Å². The fourth-order valence-electron chi connectivity index (χ4n) is 2.63. The molecule has 0 amide bonds. The van der Waals surface area contributed by atoms with E-state index in [1.165, 1.54) is 0 Å². The Bertz CT molecular complexity index is 420. The molecule has 0 fully saturated rings. The fourth-order valence-corrected chi connectivity index (χ4v) is 2.63. The third-order valence-corrected chi connectivity index (χ3v) is 3.40. The Labute approximate surface area is 108 Å². The van der Waals surface area contributed by atoms with E-state index < -0.39 is 6.10 Å². The highest BCUT2D eigenvalue weighted by Crippen LogP contribution is 2.39. The van der Waals surface area contributed by atoms with Crippen molar-refractivity contribution < 1.29 is 14.6 Å². The van der Waals surface area contributed by atoms with E-state index in [0.29, 0.717) is 6.54 Å². The van der Waals surface area contributed by atoms with Gasteiger partial charge in [0, 0.05) is 24.2 Å². The minimum absolute atomic E-state index is 0.509. The summed E-state index contributed by atoms with van der Waals surface area (Å²) in [5.74, 6) is 1.57. The van der Waals surface area contributed by atoms with Crippen molar-refractivity contribution in [3.63, 3.8) is 0 Å². The summed E-state index contributed by atoms with van der Waals surface area (Å²) >= 11 is 0. The second-order valence-electron chi connectivity index (χ2n) is 4.61. The van der Waals surface area contributed by atoms with E-state index in [0.717, 1.165) is 42.1 Å². The molecule has 1 heterocycles. The topological polar surface area (TPSA) is 41.9 Å². The average molecular weight is 251 g/mol. The van der Waals surface area contributed by atoms with Crippen LogP contribution in [0, 0.1) is 0 Å². The zero-order valence-corrected chi connectivity index (χ0v) is 11.3. The number of fused-ring (bicyclic) bond motifs is 1. The number of aliphatic hydroxyl groups is 1. The normalized spacial score (nSPS) is 19.4. The number of β-amino-alcohol motifs (C(OH)–C–C–N with tert-alkyl or cyclic N) is 1. The Hall–Kier alpha value is -1.26. The van der Waals surface area contributed by atoms with Gasteiger partial charge in [-0.05, 0) is 25.1 Å². The summed E-state index contributed by atoms with van der Waals surface area (Å²) in [6.07, 6.45) is 0.569. The second kappa shape index (κ2) is 5.59. The van der Waals surface area contributed by atoms with Crippen LogP contribution in [0.1, 0.15) is 30.6 Å². The minimum atomic E-state index is -0.509. The fraction of sp³-hybridized carbons (Fsp3) is 0.571. The third kappa shape index (κ3) is 2.31. The van der Waals surface area contributed by atoms with E-state index in [1.807, 2.05) is 12.1 Å². The highest BCUT2D eigenvalue weighted by atomic mass is 16.5. The minimum Gasteiger partial charge on any atom is -0.496 e. The molecule has 1 aliphatic rings. The lowest BCUT2D eigenvalue weighted by Crippen LogP contribution is -2.34. The first-order valence-electron chi connectivity index (χ1n) is 6.35. The van der Waals surface area contributed by atoms with Gasteiger partial charge < -0.3 is 14.6 Å². The summed E-state index contributed by atoms with van der Waals surface area (Å²) in [6, 6.07) is 3.76. The van der Waals surface area contributed by atoms with E-state index in [2.05, 4.69) is 11.8 Å². The maximum absolute atomic E-state index is 10.3. The Morgan fingerprint density at radius 2 is 1.94 bits per heavy atom. The summed E-state index contributed by atoms with van der Waals surface area (Å²) < 4.78 is 10.7. The Balaban J connectivity index is 2.42. The van der Waals surface area contributed by atoms with E-state index in [-0.39, 0.29) is 0 Å². The lowest BCUT2D eigenvalue weighted by Gasteiger charge is -2.33. The van der Waals surface area contributed by atoms with Gasteiger partial charge in [-0.1, -0.05) is 6.92 Å². The van der Waals surface area contributed by atoms with E-state index >= 15 is 0 Å². The van der Waals surface area contributed by atoms with Crippen molar-refractivity contribution >= 4 is 0 Å². The molecule has 1 N–H and O–H groups in total. The van der Waals surface area contributed by atoms with Gasteiger partial charge >= 0.3 is 0 Å². The quantitative estimate of drug-likeness (QED) is 0.888. The zero-order chi connectivity index (χ0) is 13.1. The monoisotopic (exact) mass is 251 g/mol. The molecule has 0 unspecified atom stereocenters. The molecule has 2 rings (SSSR count). The summed E-state index contributed by atoms with van der Waals surface area (Å²) in [5, 5.41) is 10.3. The molecule has 100 valence electrons. The predicted molar refractivity (Wildman–Crippen MR) is 70.1 cm³/mol. The van der Waals surface area contributed by atoms with Crippen LogP contribution in [0.15, 0.2) is 12.1 Å². The molecule has 0 bridgehead atoms. The molecule has 0 saturated carbocycles. The molecule has 0 aromatic heterocycles. The van der Waals surface area contributed by atoms with Gasteiger partial charge in [0.25, 0.3) is 0 Å². The van der Waals surface area contributed by atoms with Crippen LogP contribution in [0.2, 0.25) is 0 Å². The summed E-state index contributed by atoms with van der Waals surface area (Å²) in [6.45, 7) is 4.59. The Morgan fingerprint density at radius 3 is 2.56 bits per heavy atom. The third-order valence-electron chi connectivity index (χ3n) is 3.40. The summed E-state index contributed by atoms with van der Waals surface area (Å²) in [7, 11) is 3.29. The highest BCUT2D eigenvalue weighted by Gasteiger charge is 2.28. The lowest BCUT2D eigenvalue weighted by molar-refractivity contribution is 0.0885. The molecule has 0 saturated heterocycles. The van der Waals surface area contributed by atoms with Gasteiger partial charge in [-0.15, -0.1) is 0 Å². The summed E-state index contributed by atoms with van der Waals surface area (Å²) in [5.41, 5.74) is 1.92. The number of nitrogens with zero attached hydrogens (tertiary/aromatic N) is 1. The number of hydrogen-bond acceptors (Lipinski definition) is 4. The standard InChI is InChI=1S/C14H21NO3/c1-4-7-15-8-10-12(17-2)5-6-13(18-3)14(10)11(16)9-15/h5-6,11,16H,4,7-9H2,1-3H3/t11-/m1/s1. The van der Waals surface area contributed by atoms with Gasteiger partial charge in [-0.2, -0.15) is 0 Å². The maximum Gasteiger partial charge on any atom is 0.125 e. The first kappa shape index (κ1) is 13.2. The van der Waals surface area contributed by atoms with E-state index in [9.17, 15) is 5.11 Å². The molecule has 4 nitrogen and oxygen atoms in total. The van der Waals surface area contributed by atoms with Gasteiger partial charge in [0.2, 0.25) is 0 Å².